The molecular formula is C30H23NO4. The number of para-hydroxylation sites is 1. The third-order valence-electron chi connectivity index (χ3n) is 8.18. The summed E-state index contributed by atoms with van der Waals surface area (Å²) in [4.78, 5) is 41.3. The van der Waals surface area contributed by atoms with E-state index in [-0.39, 0.29) is 35.5 Å². The molecule has 3 fully saturated rings. The Balaban J connectivity index is 1.17. The summed E-state index contributed by atoms with van der Waals surface area (Å²) in [5, 5.41) is 0. The number of nitrogens with zero attached hydrogens (tertiary/aromatic N) is 1. The summed E-state index contributed by atoms with van der Waals surface area (Å²) in [5.74, 6) is 0.546. The molecule has 5 aliphatic rings. The normalized spacial score (nSPS) is 29.7. The van der Waals surface area contributed by atoms with Gasteiger partial charge in [-0.2, -0.15) is 0 Å². The van der Waals surface area contributed by atoms with Crippen LogP contribution in [0.4, 0.5) is 5.69 Å². The van der Waals surface area contributed by atoms with Crippen molar-refractivity contribution < 1.29 is 19.1 Å². The van der Waals surface area contributed by atoms with Gasteiger partial charge in [0, 0.05) is 5.56 Å². The number of imide groups is 1. The van der Waals surface area contributed by atoms with Crippen molar-refractivity contribution in [3.8, 4) is 16.9 Å². The molecule has 6 atom stereocenters. The van der Waals surface area contributed by atoms with Crippen molar-refractivity contribution in [1.29, 1.82) is 0 Å². The maximum atomic E-state index is 13.4. The van der Waals surface area contributed by atoms with Crippen molar-refractivity contribution in [3.63, 3.8) is 0 Å². The lowest BCUT2D eigenvalue weighted by molar-refractivity contribution is -0.124. The third kappa shape index (κ3) is 3.04. The van der Waals surface area contributed by atoms with Gasteiger partial charge in [-0.3, -0.25) is 9.59 Å². The second-order valence-electron chi connectivity index (χ2n) is 9.97. The number of esters is 1. The first-order chi connectivity index (χ1) is 17.1. The monoisotopic (exact) mass is 461 g/mol. The van der Waals surface area contributed by atoms with Crippen molar-refractivity contribution in [2.24, 2.45) is 35.5 Å². The highest BCUT2D eigenvalue weighted by molar-refractivity contribution is 6.23. The maximum absolute atomic E-state index is 13.4. The minimum atomic E-state index is -0.533. The fraction of sp³-hybridized carbons (Fsp3) is 0.233. The zero-order valence-corrected chi connectivity index (χ0v) is 18.9. The summed E-state index contributed by atoms with van der Waals surface area (Å²) in [6.45, 7) is 0. The zero-order valence-electron chi connectivity index (χ0n) is 18.9. The number of hydrogen-bond acceptors (Lipinski definition) is 4. The summed E-state index contributed by atoms with van der Waals surface area (Å²) in [7, 11) is 0. The van der Waals surface area contributed by atoms with E-state index in [2.05, 4.69) is 12.2 Å². The van der Waals surface area contributed by atoms with Crippen molar-refractivity contribution >= 4 is 23.5 Å². The lowest BCUT2D eigenvalue weighted by Gasteiger charge is -2.37. The number of ether oxygens (including phenoxy) is 1. The molecule has 0 spiro atoms. The molecular weight excluding hydrogens is 438 g/mol. The molecule has 3 aromatic carbocycles. The van der Waals surface area contributed by atoms with E-state index in [0.29, 0.717) is 28.8 Å². The molecule has 172 valence electrons. The molecule has 0 unspecified atom stereocenters. The number of amides is 2. The Labute approximate surface area is 203 Å². The van der Waals surface area contributed by atoms with E-state index in [1.54, 1.807) is 30.3 Å². The van der Waals surface area contributed by atoms with Crippen molar-refractivity contribution in [2.45, 2.75) is 6.42 Å². The number of anilines is 1. The van der Waals surface area contributed by atoms with Gasteiger partial charge in [0.1, 0.15) is 5.75 Å². The second-order valence-corrected chi connectivity index (χ2v) is 9.97. The molecule has 0 N–H and O–H groups in total. The predicted octanol–water partition coefficient (Wildman–Crippen LogP) is 5.13. The highest BCUT2D eigenvalue weighted by Gasteiger charge is 2.67. The van der Waals surface area contributed by atoms with E-state index in [9.17, 15) is 14.4 Å². The number of carbonyl (C=O) groups excluding carboxylic acids is 3. The summed E-state index contributed by atoms with van der Waals surface area (Å²) >= 11 is 0. The van der Waals surface area contributed by atoms with E-state index in [4.69, 9.17) is 4.74 Å². The lowest BCUT2D eigenvalue weighted by atomic mass is 9.63. The smallest absolute Gasteiger partial charge is 0.343 e. The summed E-state index contributed by atoms with van der Waals surface area (Å²) < 4.78 is 5.78. The van der Waals surface area contributed by atoms with Crippen LogP contribution in [0.15, 0.2) is 91.0 Å². The Morgan fingerprint density at radius 3 is 2.14 bits per heavy atom. The molecule has 2 amide bonds. The quantitative estimate of drug-likeness (QED) is 0.234. The molecule has 2 bridgehead atoms. The van der Waals surface area contributed by atoms with Gasteiger partial charge in [0.15, 0.2) is 0 Å². The van der Waals surface area contributed by atoms with Crippen LogP contribution in [0, 0.1) is 35.5 Å². The van der Waals surface area contributed by atoms with Crippen LogP contribution in [0.1, 0.15) is 16.8 Å². The molecule has 4 aliphatic carbocycles. The molecule has 5 nitrogen and oxygen atoms in total. The SMILES string of the molecule is O=C(Oc1ccccc1-c1ccccc1)c1cccc(N2C(=O)[C@@H]3[C@H]4C=C[C@@H]([C@@H]5C[C@H]45)[C@@H]3C2=O)c1. The highest BCUT2D eigenvalue weighted by Crippen LogP contribution is 2.65. The third-order valence-corrected chi connectivity index (χ3v) is 8.18. The van der Waals surface area contributed by atoms with Crippen LogP contribution in [-0.4, -0.2) is 17.8 Å². The van der Waals surface area contributed by atoms with Crippen LogP contribution >= 0.6 is 0 Å². The molecule has 1 saturated heterocycles. The molecule has 1 heterocycles. The fourth-order valence-corrected chi connectivity index (χ4v) is 6.55. The molecule has 5 heteroatoms. The molecule has 3 aromatic rings. The van der Waals surface area contributed by atoms with Crippen LogP contribution in [0.2, 0.25) is 0 Å². The van der Waals surface area contributed by atoms with Gasteiger partial charge in [-0.05, 0) is 59.9 Å². The predicted molar refractivity (Wildman–Crippen MR) is 130 cm³/mol. The average molecular weight is 462 g/mol. The Hall–Kier alpha value is -3.99. The Morgan fingerprint density at radius 2 is 1.43 bits per heavy atom. The topological polar surface area (TPSA) is 63.7 Å². The highest BCUT2D eigenvalue weighted by atomic mass is 16.5. The summed E-state index contributed by atoms with van der Waals surface area (Å²) in [5.41, 5.74) is 2.49. The van der Waals surface area contributed by atoms with Crippen molar-refractivity contribution in [1.82, 2.24) is 0 Å². The summed E-state index contributed by atoms with van der Waals surface area (Å²) in [6.07, 6.45) is 5.45. The largest absolute Gasteiger partial charge is 0.422 e. The van der Waals surface area contributed by atoms with Crippen molar-refractivity contribution in [3.05, 3.63) is 96.6 Å². The first-order valence-corrected chi connectivity index (χ1v) is 12.1. The Bertz CT molecular complexity index is 1370. The average Bonchev–Trinajstić information content (AvgIpc) is 3.68. The van der Waals surface area contributed by atoms with Gasteiger partial charge < -0.3 is 4.74 Å². The molecule has 0 radical (unpaired) electrons. The zero-order chi connectivity index (χ0) is 23.7. The van der Waals surface area contributed by atoms with Gasteiger partial charge in [-0.15, -0.1) is 0 Å². The van der Waals surface area contributed by atoms with E-state index < -0.39 is 5.97 Å². The van der Waals surface area contributed by atoms with Gasteiger partial charge in [0.25, 0.3) is 0 Å². The van der Waals surface area contributed by atoms with Gasteiger partial charge >= 0.3 is 5.97 Å². The van der Waals surface area contributed by atoms with Gasteiger partial charge in [0.05, 0.1) is 23.1 Å². The fourth-order valence-electron chi connectivity index (χ4n) is 6.55. The van der Waals surface area contributed by atoms with Crippen LogP contribution in [0.25, 0.3) is 11.1 Å². The maximum Gasteiger partial charge on any atom is 0.343 e. The number of rotatable bonds is 4. The van der Waals surface area contributed by atoms with Crippen LogP contribution in [-0.2, 0) is 9.59 Å². The number of allylic oxidation sites excluding steroid dienone is 2. The second kappa shape index (κ2) is 7.51. The first kappa shape index (κ1) is 20.4. The number of benzene rings is 3. The van der Waals surface area contributed by atoms with Crippen LogP contribution in [0.5, 0.6) is 5.75 Å². The van der Waals surface area contributed by atoms with E-state index in [1.165, 1.54) is 4.90 Å². The summed E-state index contributed by atoms with van der Waals surface area (Å²) in [6, 6.07) is 23.8. The van der Waals surface area contributed by atoms with E-state index in [1.807, 2.05) is 48.5 Å². The van der Waals surface area contributed by atoms with Crippen LogP contribution < -0.4 is 9.64 Å². The Morgan fingerprint density at radius 1 is 0.771 bits per heavy atom. The van der Waals surface area contributed by atoms with Crippen LogP contribution in [0.3, 0.4) is 0 Å². The molecule has 35 heavy (non-hydrogen) atoms. The van der Waals surface area contributed by atoms with Gasteiger partial charge in [-0.1, -0.05) is 66.7 Å². The van der Waals surface area contributed by atoms with Gasteiger partial charge in [-0.25, -0.2) is 9.69 Å². The number of carbonyl (C=O) groups is 3. The molecule has 2 saturated carbocycles. The number of hydrogen-bond donors (Lipinski definition) is 0. The standard InChI is InChI=1S/C30H23NO4/c32-28-26-21-13-14-22(24-16-23(21)24)27(26)29(33)31(28)19-10-6-9-18(15-19)30(34)35-25-12-5-4-11-20(25)17-7-2-1-3-8-17/h1-15,21-24,26-27H,16H2/t21-,22-,23-,24+,26-,27+/m0/s1. The molecule has 1 aliphatic heterocycles. The lowest BCUT2D eigenvalue weighted by Crippen LogP contribution is -2.40. The van der Waals surface area contributed by atoms with E-state index in [0.717, 1.165) is 17.5 Å². The molecule has 0 aromatic heterocycles. The molecule has 8 rings (SSSR count). The first-order valence-electron chi connectivity index (χ1n) is 12.1. The minimum absolute atomic E-state index is 0.135. The van der Waals surface area contributed by atoms with E-state index >= 15 is 0 Å². The minimum Gasteiger partial charge on any atom is -0.422 e. The van der Waals surface area contributed by atoms with Gasteiger partial charge in [0.2, 0.25) is 11.8 Å². The Kier molecular flexibility index (Phi) is 4.37. The van der Waals surface area contributed by atoms with Crippen molar-refractivity contribution in [2.75, 3.05) is 4.90 Å².